The first-order valence-electron chi connectivity index (χ1n) is 13.9. The molecule has 0 bridgehead atoms. The number of carboxylic acid groups (broad SMARTS) is 1. The molecule has 1 aromatic heterocycles. The number of hydrogen-bond donors (Lipinski definition) is 1. The summed E-state index contributed by atoms with van der Waals surface area (Å²) in [4.78, 5) is 40.4. The van der Waals surface area contributed by atoms with Gasteiger partial charge in [0.15, 0.2) is 12.4 Å². The van der Waals surface area contributed by atoms with Crippen molar-refractivity contribution in [3.63, 3.8) is 0 Å². The standard InChI is InChI=1S/C23H30ClN3O3.C5H9NO.CH2O2/c1-14-21-16(10-12-27(14)22(28)17-7-5-6-11-23(17,3)4)18(24)8-9-19(21)29-13-20-25-15(2)26-30-20;1-6-4-2-3-5(6)7;2-1-3/h8-9,14,17H,5-7,10-13H2,1-4H3;2-4H2,1H3;1H,(H,2,3). The van der Waals surface area contributed by atoms with E-state index in [9.17, 15) is 9.59 Å². The molecule has 220 valence electrons. The molecule has 3 heterocycles. The van der Waals surface area contributed by atoms with E-state index in [0.717, 1.165) is 67.0 Å². The Morgan fingerprint density at radius 3 is 2.52 bits per heavy atom. The van der Waals surface area contributed by atoms with E-state index in [-0.39, 0.29) is 36.4 Å². The normalized spacial score (nSPS) is 21.4. The Hall–Kier alpha value is -3.14. The van der Waals surface area contributed by atoms with Crippen LogP contribution in [0.5, 0.6) is 5.75 Å². The summed E-state index contributed by atoms with van der Waals surface area (Å²) in [6.07, 6.45) is 6.95. The van der Waals surface area contributed by atoms with Crippen LogP contribution in [0, 0.1) is 18.3 Å². The van der Waals surface area contributed by atoms with Gasteiger partial charge in [0.25, 0.3) is 12.4 Å². The van der Waals surface area contributed by atoms with Gasteiger partial charge in [0.1, 0.15) is 5.75 Å². The van der Waals surface area contributed by atoms with E-state index in [0.29, 0.717) is 24.2 Å². The zero-order valence-electron chi connectivity index (χ0n) is 24.1. The van der Waals surface area contributed by atoms with Crippen molar-refractivity contribution in [3.8, 4) is 5.75 Å². The van der Waals surface area contributed by atoms with Crippen LogP contribution in [0.4, 0.5) is 0 Å². The molecule has 0 radical (unpaired) electrons. The molecule has 5 rings (SSSR count). The molecule has 2 unspecified atom stereocenters. The number of rotatable bonds is 4. The molecule has 1 saturated carbocycles. The second kappa shape index (κ2) is 14.0. The fraction of sp³-hybridized carbons (Fsp3) is 0.621. The van der Waals surface area contributed by atoms with E-state index in [1.807, 2.05) is 24.1 Å². The SMILES string of the molecule is CN1CCCC1=O.Cc1noc(COc2ccc(Cl)c3c2C(C)N(C(=O)C2CCCCC2(C)C)CC3)n1.O=CO. The smallest absolute Gasteiger partial charge is 0.290 e. The summed E-state index contributed by atoms with van der Waals surface area (Å²) >= 11 is 6.52. The van der Waals surface area contributed by atoms with Gasteiger partial charge in [-0.2, -0.15) is 4.98 Å². The largest absolute Gasteiger partial charge is 0.483 e. The number of ether oxygens (including phenoxy) is 1. The number of carbonyl (C=O) groups excluding carboxylic acids is 2. The Bertz CT molecular complexity index is 1180. The van der Waals surface area contributed by atoms with Crippen molar-refractivity contribution in [1.82, 2.24) is 19.9 Å². The lowest BCUT2D eigenvalue weighted by molar-refractivity contribution is -0.144. The van der Waals surface area contributed by atoms with Gasteiger partial charge in [0.2, 0.25) is 11.8 Å². The minimum Gasteiger partial charge on any atom is -0.483 e. The van der Waals surface area contributed by atoms with Crippen LogP contribution in [0.15, 0.2) is 16.7 Å². The lowest BCUT2D eigenvalue weighted by Gasteiger charge is -2.44. The summed E-state index contributed by atoms with van der Waals surface area (Å²) in [6.45, 7) is 9.89. The van der Waals surface area contributed by atoms with Crippen LogP contribution in [0.25, 0.3) is 0 Å². The Kier molecular flexibility index (Phi) is 11.0. The van der Waals surface area contributed by atoms with E-state index in [2.05, 4.69) is 30.9 Å². The van der Waals surface area contributed by atoms with Crippen molar-refractivity contribution < 1.29 is 28.8 Å². The number of hydrogen-bond acceptors (Lipinski definition) is 7. The maximum Gasteiger partial charge on any atom is 0.290 e. The van der Waals surface area contributed by atoms with Crippen molar-refractivity contribution in [3.05, 3.63) is 40.0 Å². The fourth-order valence-electron chi connectivity index (χ4n) is 5.81. The summed E-state index contributed by atoms with van der Waals surface area (Å²) in [6, 6.07) is 3.64. The van der Waals surface area contributed by atoms with Gasteiger partial charge >= 0.3 is 0 Å². The zero-order chi connectivity index (χ0) is 29.4. The predicted octanol–water partition coefficient (Wildman–Crippen LogP) is 5.21. The maximum absolute atomic E-state index is 13.6. The van der Waals surface area contributed by atoms with Crippen LogP contribution in [-0.2, 0) is 27.4 Å². The van der Waals surface area contributed by atoms with Gasteiger partial charge in [-0.3, -0.25) is 14.4 Å². The summed E-state index contributed by atoms with van der Waals surface area (Å²) in [7, 11) is 1.84. The Morgan fingerprint density at radius 2 is 1.98 bits per heavy atom. The van der Waals surface area contributed by atoms with E-state index < -0.39 is 0 Å². The molecule has 40 heavy (non-hydrogen) atoms. The molecule has 2 atom stereocenters. The van der Waals surface area contributed by atoms with Gasteiger partial charge in [-0.15, -0.1) is 0 Å². The van der Waals surface area contributed by atoms with Crippen molar-refractivity contribution in [2.24, 2.45) is 11.3 Å². The number of aryl methyl sites for hydroxylation is 1. The number of halogens is 1. The molecule has 3 aliphatic rings. The third-order valence-corrected chi connectivity index (χ3v) is 8.42. The first-order chi connectivity index (χ1) is 19.0. The molecule has 1 N–H and O–H groups in total. The minimum absolute atomic E-state index is 0.0405. The molecular formula is C29H41ClN4O6. The third-order valence-electron chi connectivity index (χ3n) is 8.07. The number of likely N-dealkylation sites (tertiary alicyclic amines) is 1. The molecule has 1 saturated heterocycles. The number of amides is 2. The highest BCUT2D eigenvalue weighted by atomic mass is 35.5. The first-order valence-corrected chi connectivity index (χ1v) is 14.2. The van der Waals surface area contributed by atoms with Gasteiger partial charge in [-0.25, -0.2) is 0 Å². The highest BCUT2D eigenvalue weighted by molar-refractivity contribution is 6.31. The van der Waals surface area contributed by atoms with E-state index in [4.69, 9.17) is 30.8 Å². The summed E-state index contributed by atoms with van der Waals surface area (Å²) in [5.74, 6) is 2.35. The molecule has 2 fully saturated rings. The second-order valence-electron chi connectivity index (χ2n) is 11.2. The monoisotopic (exact) mass is 576 g/mol. The van der Waals surface area contributed by atoms with Crippen LogP contribution in [0.3, 0.4) is 0 Å². The number of benzene rings is 1. The maximum atomic E-state index is 13.6. The molecule has 1 aromatic carbocycles. The first kappa shape index (κ1) is 31.4. The number of carbonyl (C=O) groups is 3. The van der Waals surface area contributed by atoms with E-state index >= 15 is 0 Å². The average molecular weight is 577 g/mol. The highest BCUT2D eigenvalue weighted by Gasteiger charge is 2.42. The van der Waals surface area contributed by atoms with Crippen molar-refractivity contribution in [2.75, 3.05) is 20.1 Å². The lowest BCUT2D eigenvalue weighted by Crippen LogP contribution is -2.47. The molecular weight excluding hydrogens is 536 g/mol. The molecule has 11 heteroatoms. The molecule has 10 nitrogen and oxygen atoms in total. The predicted molar refractivity (Wildman–Crippen MR) is 150 cm³/mol. The topological polar surface area (TPSA) is 126 Å². The van der Waals surface area contributed by atoms with Crippen LogP contribution in [0.2, 0.25) is 5.02 Å². The van der Waals surface area contributed by atoms with Crippen LogP contribution in [-0.4, -0.2) is 63.5 Å². The van der Waals surface area contributed by atoms with Gasteiger partial charge in [-0.1, -0.05) is 43.4 Å². The Balaban J connectivity index is 0.000000374. The van der Waals surface area contributed by atoms with E-state index in [1.54, 1.807) is 11.8 Å². The van der Waals surface area contributed by atoms with Crippen molar-refractivity contribution in [2.45, 2.75) is 85.3 Å². The van der Waals surface area contributed by atoms with Crippen molar-refractivity contribution >= 4 is 29.9 Å². The average Bonchev–Trinajstić information content (AvgIpc) is 3.50. The summed E-state index contributed by atoms with van der Waals surface area (Å²) in [5.41, 5.74) is 2.10. The second-order valence-corrected chi connectivity index (χ2v) is 11.6. The van der Waals surface area contributed by atoms with Crippen LogP contribution in [0.1, 0.15) is 88.2 Å². The van der Waals surface area contributed by atoms with Gasteiger partial charge in [0, 0.05) is 43.1 Å². The van der Waals surface area contributed by atoms with Crippen LogP contribution < -0.4 is 4.74 Å². The quantitative estimate of drug-likeness (QED) is 0.491. The van der Waals surface area contributed by atoms with Gasteiger partial charge in [-0.05, 0) is 62.6 Å². The zero-order valence-corrected chi connectivity index (χ0v) is 24.9. The Labute approximate surface area is 241 Å². The molecule has 1 aliphatic carbocycles. The summed E-state index contributed by atoms with van der Waals surface area (Å²) < 4.78 is 11.2. The third kappa shape index (κ3) is 7.53. The lowest BCUT2D eigenvalue weighted by atomic mass is 9.68. The van der Waals surface area contributed by atoms with E-state index in [1.165, 1.54) is 6.42 Å². The summed E-state index contributed by atoms with van der Waals surface area (Å²) in [5, 5.41) is 11.4. The van der Waals surface area contributed by atoms with Gasteiger partial charge < -0.3 is 24.2 Å². The number of nitrogens with zero attached hydrogens (tertiary/aromatic N) is 4. The van der Waals surface area contributed by atoms with Gasteiger partial charge in [0.05, 0.1) is 6.04 Å². The molecule has 2 amide bonds. The fourth-order valence-corrected chi connectivity index (χ4v) is 6.07. The van der Waals surface area contributed by atoms with Crippen LogP contribution >= 0.6 is 11.6 Å². The number of aromatic nitrogens is 2. The molecule has 2 aromatic rings. The molecule has 2 aliphatic heterocycles. The Morgan fingerprint density at radius 1 is 1.25 bits per heavy atom. The molecule has 0 spiro atoms. The minimum atomic E-state index is -0.250. The van der Waals surface area contributed by atoms with Crippen molar-refractivity contribution in [1.29, 1.82) is 0 Å². The number of fused-ring (bicyclic) bond motifs is 1. The highest BCUT2D eigenvalue weighted by Crippen LogP contribution is 2.45.